The van der Waals surface area contributed by atoms with Crippen molar-refractivity contribution in [3.63, 3.8) is 0 Å². The van der Waals surface area contributed by atoms with Crippen LogP contribution in [-0.2, 0) is 16.7 Å². The van der Waals surface area contributed by atoms with Crippen LogP contribution in [0, 0.1) is 5.92 Å². The first-order valence-corrected chi connectivity index (χ1v) is 11.8. The first-order valence-electron chi connectivity index (χ1n) is 9.98. The molecule has 30 heavy (non-hydrogen) atoms. The van der Waals surface area contributed by atoms with Gasteiger partial charge in [-0.2, -0.15) is 8.42 Å². The van der Waals surface area contributed by atoms with Crippen molar-refractivity contribution in [3.05, 3.63) is 77.9 Å². The largest absolute Gasteiger partial charge is 0.383 e. The van der Waals surface area contributed by atoms with Gasteiger partial charge in [-0.25, -0.2) is 0 Å². The Morgan fingerprint density at radius 2 is 1.63 bits per heavy atom. The van der Waals surface area contributed by atoms with Crippen LogP contribution in [0.5, 0.6) is 5.75 Å². The summed E-state index contributed by atoms with van der Waals surface area (Å²) in [5, 5.41) is 1.98. The van der Waals surface area contributed by atoms with E-state index in [1.807, 2.05) is 47.4 Å². The highest BCUT2D eigenvalue weighted by Crippen LogP contribution is 2.22. The van der Waals surface area contributed by atoms with Gasteiger partial charge in [-0.1, -0.05) is 62.4 Å². The van der Waals surface area contributed by atoms with E-state index < -0.39 is 10.1 Å². The summed E-state index contributed by atoms with van der Waals surface area (Å²) >= 11 is 0. The van der Waals surface area contributed by atoms with Crippen molar-refractivity contribution in [2.24, 2.45) is 5.92 Å². The molecule has 0 N–H and O–H groups in total. The lowest BCUT2D eigenvalue weighted by atomic mass is 10.0. The van der Waals surface area contributed by atoms with Gasteiger partial charge in [0.2, 0.25) is 0 Å². The molecule has 0 saturated carbocycles. The molecule has 0 spiro atoms. The molecule has 5 nitrogen and oxygen atoms in total. The maximum Gasteiger partial charge on any atom is 0.306 e. The van der Waals surface area contributed by atoms with Crippen LogP contribution in [-0.4, -0.2) is 32.0 Å². The summed E-state index contributed by atoms with van der Waals surface area (Å²) < 4.78 is 27.5. The molecule has 0 atom stereocenters. The van der Waals surface area contributed by atoms with Gasteiger partial charge >= 0.3 is 10.1 Å². The van der Waals surface area contributed by atoms with Crippen LogP contribution < -0.4 is 4.18 Å². The number of nitrogens with zero attached hydrogens (tertiary/aromatic N) is 1. The van der Waals surface area contributed by atoms with Crippen molar-refractivity contribution in [1.29, 1.82) is 0 Å². The van der Waals surface area contributed by atoms with Crippen LogP contribution in [0.3, 0.4) is 0 Å². The van der Waals surface area contributed by atoms with Crippen LogP contribution in [0.15, 0.2) is 66.7 Å². The Morgan fingerprint density at radius 3 is 2.30 bits per heavy atom. The number of carbonyl (C=O) groups excluding carboxylic acids is 1. The maximum atomic E-state index is 13.5. The minimum absolute atomic E-state index is 0.0103. The van der Waals surface area contributed by atoms with Crippen molar-refractivity contribution >= 4 is 26.8 Å². The average Bonchev–Trinajstić information content (AvgIpc) is 2.70. The Labute approximate surface area is 178 Å². The van der Waals surface area contributed by atoms with Crippen molar-refractivity contribution in [3.8, 4) is 5.75 Å². The zero-order chi connectivity index (χ0) is 21.7. The molecular formula is C24H27NO4S. The average molecular weight is 426 g/mol. The molecule has 0 aromatic heterocycles. The Bertz CT molecular complexity index is 1120. The van der Waals surface area contributed by atoms with Gasteiger partial charge in [-0.15, -0.1) is 0 Å². The minimum atomic E-state index is -3.57. The molecule has 1 amide bonds. The highest BCUT2D eigenvalue weighted by molar-refractivity contribution is 7.86. The molecule has 0 unspecified atom stereocenters. The number of carbonyl (C=O) groups is 1. The van der Waals surface area contributed by atoms with Gasteiger partial charge < -0.3 is 9.08 Å². The van der Waals surface area contributed by atoms with Gasteiger partial charge in [0.05, 0.1) is 6.26 Å². The second-order valence-corrected chi connectivity index (χ2v) is 9.44. The molecule has 0 heterocycles. The van der Waals surface area contributed by atoms with Crippen molar-refractivity contribution in [1.82, 2.24) is 4.90 Å². The van der Waals surface area contributed by atoms with Gasteiger partial charge in [0.15, 0.2) is 0 Å². The van der Waals surface area contributed by atoms with E-state index in [1.54, 1.807) is 24.3 Å². The maximum absolute atomic E-state index is 13.5. The van der Waals surface area contributed by atoms with Gasteiger partial charge in [0.25, 0.3) is 5.91 Å². The van der Waals surface area contributed by atoms with Crippen LogP contribution in [0.25, 0.3) is 10.8 Å². The van der Waals surface area contributed by atoms with E-state index >= 15 is 0 Å². The highest BCUT2D eigenvalue weighted by atomic mass is 32.2. The highest BCUT2D eigenvalue weighted by Gasteiger charge is 2.19. The second kappa shape index (κ2) is 9.30. The van der Waals surface area contributed by atoms with Crippen LogP contribution >= 0.6 is 0 Å². The van der Waals surface area contributed by atoms with Crippen LogP contribution in [0.2, 0.25) is 0 Å². The molecule has 3 aromatic carbocycles. The molecular weight excluding hydrogens is 398 g/mol. The van der Waals surface area contributed by atoms with Crippen LogP contribution in [0.4, 0.5) is 0 Å². The van der Waals surface area contributed by atoms with E-state index in [2.05, 4.69) is 13.8 Å². The number of rotatable bonds is 8. The fraction of sp³-hybridized carbons (Fsp3) is 0.292. The van der Waals surface area contributed by atoms with Gasteiger partial charge in [0, 0.05) is 18.7 Å². The van der Waals surface area contributed by atoms with E-state index in [0.29, 0.717) is 24.6 Å². The summed E-state index contributed by atoms with van der Waals surface area (Å²) in [4.78, 5) is 15.3. The SMILES string of the molecule is CC(C)CCN(Cc1ccc(OS(C)(=O)=O)cc1)C(=O)c1cccc2ccccc12. The molecule has 3 aromatic rings. The van der Waals surface area contributed by atoms with Gasteiger partial charge in [-0.3, -0.25) is 4.79 Å². The fourth-order valence-electron chi connectivity index (χ4n) is 3.29. The molecule has 158 valence electrons. The molecule has 0 saturated heterocycles. The molecule has 0 aliphatic heterocycles. The van der Waals surface area contributed by atoms with Crippen molar-refractivity contribution in [2.75, 3.05) is 12.8 Å². The van der Waals surface area contributed by atoms with Crippen molar-refractivity contribution < 1.29 is 17.4 Å². The number of benzene rings is 3. The lowest BCUT2D eigenvalue weighted by Crippen LogP contribution is -2.32. The topological polar surface area (TPSA) is 63.7 Å². The van der Waals surface area contributed by atoms with E-state index in [0.717, 1.165) is 29.0 Å². The summed E-state index contributed by atoms with van der Waals surface area (Å²) in [7, 11) is -3.57. The molecule has 6 heteroatoms. The van der Waals surface area contributed by atoms with E-state index in [9.17, 15) is 13.2 Å². The molecule has 3 rings (SSSR count). The predicted molar refractivity (Wildman–Crippen MR) is 120 cm³/mol. The standard InChI is InChI=1S/C24H27NO4S/c1-18(2)15-16-25(17-19-11-13-21(14-12-19)29-30(3,27)28)24(26)23-10-6-8-20-7-4-5-9-22(20)23/h4-14,18H,15-17H2,1-3H3. The van der Waals surface area contributed by atoms with E-state index in [1.165, 1.54) is 0 Å². The molecule has 0 radical (unpaired) electrons. The second-order valence-electron chi connectivity index (χ2n) is 7.87. The quantitative estimate of drug-likeness (QED) is 0.483. The molecule has 0 bridgehead atoms. The third kappa shape index (κ3) is 5.83. The summed E-state index contributed by atoms with van der Waals surface area (Å²) in [6.07, 6.45) is 1.91. The Hall–Kier alpha value is -2.86. The zero-order valence-corrected chi connectivity index (χ0v) is 18.4. The van der Waals surface area contributed by atoms with Crippen LogP contribution in [0.1, 0.15) is 36.2 Å². The number of hydrogen-bond acceptors (Lipinski definition) is 4. The van der Waals surface area contributed by atoms with E-state index in [-0.39, 0.29) is 11.7 Å². The molecule has 0 aliphatic carbocycles. The first-order chi connectivity index (χ1) is 14.2. The van der Waals surface area contributed by atoms with Gasteiger partial charge in [-0.05, 0) is 46.9 Å². The minimum Gasteiger partial charge on any atom is -0.383 e. The number of amides is 1. The summed E-state index contributed by atoms with van der Waals surface area (Å²) in [6.45, 7) is 5.35. The van der Waals surface area contributed by atoms with Gasteiger partial charge in [0.1, 0.15) is 5.75 Å². The summed E-state index contributed by atoms with van der Waals surface area (Å²) in [6, 6.07) is 20.5. The Kier molecular flexibility index (Phi) is 6.77. The third-order valence-electron chi connectivity index (χ3n) is 4.83. The molecule has 0 aliphatic rings. The van der Waals surface area contributed by atoms with Crippen molar-refractivity contribution in [2.45, 2.75) is 26.8 Å². The summed E-state index contributed by atoms with van der Waals surface area (Å²) in [5.41, 5.74) is 1.60. The smallest absolute Gasteiger partial charge is 0.306 e. The lowest BCUT2D eigenvalue weighted by molar-refractivity contribution is 0.0737. The molecule has 0 fully saturated rings. The predicted octanol–water partition coefficient (Wildman–Crippen LogP) is 4.87. The Morgan fingerprint density at radius 1 is 0.967 bits per heavy atom. The lowest BCUT2D eigenvalue weighted by Gasteiger charge is -2.24. The Balaban J connectivity index is 1.86. The van der Waals surface area contributed by atoms with E-state index in [4.69, 9.17) is 4.18 Å². The first kappa shape index (κ1) is 21.8. The fourth-order valence-corrected chi connectivity index (χ4v) is 3.75. The normalized spacial score (nSPS) is 11.6. The number of fused-ring (bicyclic) bond motifs is 1. The monoisotopic (exact) mass is 425 g/mol. The zero-order valence-electron chi connectivity index (χ0n) is 17.5. The summed E-state index contributed by atoms with van der Waals surface area (Å²) in [5.74, 6) is 0.720. The third-order valence-corrected chi connectivity index (χ3v) is 5.32. The number of hydrogen-bond donors (Lipinski definition) is 0.